The number of piperazine rings is 1. The fourth-order valence-corrected chi connectivity index (χ4v) is 4.77. The number of esters is 1. The SMILES string of the molecule is CCOC(=O)c1cc(-c2ccc(N3CCN(C(=O)c4cc(F)cc(F)c4F)CC3)cc2)n(-c2ccccc2C)n1. The summed E-state index contributed by atoms with van der Waals surface area (Å²) < 4.78 is 48.2. The minimum atomic E-state index is -1.39. The van der Waals surface area contributed by atoms with Crippen molar-refractivity contribution in [2.45, 2.75) is 13.8 Å². The fourth-order valence-electron chi connectivity index (χ4n) is 4.77. The molecule has 1 aromatic heterocycles. The first-order valence-electron chi connectivity index (χ1n) is 12.9. The molecule has 10 heteroatoms. The maximum Gasteiger partial charge on any atom is 0.358 e. The second-order valence-electron chi connectivity index (χ2n) is 9.41. The quantitative estimate of drug-likeness (QED) is 0.238. The van der Waals surface area contributed by atoms with Gasteiger partial charge in [0.1, 0.15) is 5.82 Å². The van der Waals surface area contributed by atoms with Crippen molar-refractivity contribution in [1.29, 1.82) is 0 Å². The lowest BCUT2D eigenvalue weighted by Crippen LogP contribution is -2.49. The van der Waals surface area contributed by atoms with Crippen LogP contribution in [0.3, 0.4) is 0 Å². The fraction of sp³-hybridized carbons (Fsp3) is 0.233. The number of aryl methyl sites for hydroxylation is 1. The summed E-state index contributed by atoms with van der Waals surface area (Å²) in [6.07, 6.45) is 0. The highest BCUT2D eigenvalue weighted by Gasteiger charge is 2.26. The van der Waals surface area contributed by atoms with Gasteiger partial charge in [-0.3, -0.25) is 4.79 Å². The summed E-state index contributed by atoms with van der Waals surface area (Å²) in [5.41, 5.74) is 3.91. The second-order valence-corrected chi connectivity index (χ2v) is 9.41. The Morgan fingerprint density at radius 2 is 1.62 bits per heavy atom. The van der Waals surface area contributed by atoms with Crippen molar-refractivity contribution in [2.75, 3.05) is 37.7 Å². The van der Waals surface area contributed by atoms with E-state index in [2.05, 4.69) is 10.00 Å². The molecule has 1 saturated heterocycles. The molecule has 2 heterocycles. The van der Waals surface area contributed by atoms with Gasteiger partial charge in [-0.05, 0) is 49.7 Å². The molecule has 1 aliphatic heterocycles. The smallest absolute Gasteiger partial charge is 0.358 e. The molecule has 1 aliphatic rings. The van der Waals surface area contributed by atoms with E-state index in [1.807, 2.05) is 55.5 Å². The van der Waals surface area contributed by atoms with E-state index in [-0.39, 0.29) is 25.4 Å². The number of hydrogen-bond donors (Lipinski definition) is 0. The molecule has 40 heavy (non-hydrogen) atoms. The molecule has 0 spiro atoms. The third-order valence-corrected chi connectivity index (χ3v) is 6.86. The number of nitrogens with zero attached hydrogens (tertiary/aromatic N) is 4. The van der Waals surface area contributed by atoms with Crippen LogP contribution in [0.25, 0.3) is 16.9 Å². The zero-order valence-corrected chi connectivity index (χ0v) is 22.0. The predicted molar refractivity (Wildman–Crippen MR) is 144 cm³/mol. The van der Waals surface area contributed by atoms with E-state index in [0.29, 0.717) is 19.2 Å². The maximum atomic E-state index is 14.1. The van der Waals surface area contributed by atoms with Crippen molar-refractivity contribution in [1.82, 2.24) is 14.7 Å². The van der Waals surface area contributed by atoms with Crippen LogP contribution in [0.1, 0.15) is 33.3 Å². The summed E-state index contributed by atoms with van der Waals surface area (Å²) in [5.74, 6) is -4.98. The number of amides is 1. The maximum absolute atomic E-state index is 14.1. The van der Waals surface area contributed by atoms with E-state index < -0.39 is 34.9 Å². The van der Waals surface area contributed by atoms with Crippen molar-refractivity contribution in [3.8, 4) is 16.9 Å². The Morgan fingerprint density at radius 1 is 0.925 bits per heavy atom. The first kappa shape index (κ1) is 27.0. The Bertz CT molecular complexity index is 1560. The Labute approximate surface area is 229 Å². The molecule has 1 amide bonds. The summed E-state index contributed by atoms with van der Waals surface area (Å²) >= 11 is 0. The summed E-state index contributed by atoms with van der Waals surface area (Å²) in [6.45, 7) is 5.40. The van der Waals surface area contributed by atoms with Gasteiger partial charge in [-0.15, -0.1) is 0 Å². The van der Waals surface area contributed by atoms with E-state index in [4.69, 9.17) is 4.74 Å². The minimum absolute atomic E-state index is 0.208. The topological polar surface area (TPSA) is 67.7 Å². The largest absolute Gasteiger partial charge is 0.461 e. The summed E-state index contributed by atoms with van der Waals surface area (Å²) in [6, 6.07) is 18.3. The van der Waals surface area contributed by atoms with Crippen LogP contribution in [-0.2, 0) is 4.74 Å². The molecule has 0 saturated carbocycles. The number of carbonyl (C=O) groups excluding carboxylic acids is 2. The zero-order chi connectivity index (χ0) is 28.4. The first-order valence-corrected chi connectivity index (χ1v) is 12.9. The number of ether oxygens (including phenoxy) is 1. The van der Waals surface area contributed by atoms with Crippen molar-refractivity contribution >= 4 is 17.6 Å². The lowest BCUT2D eigenvalue weighted by molar-refractivity contribution is 0.0518. The summed E-state index contributed by atoms with van der Waals surface area (Å²) in [5, 5.41) is 4.54. The van der Waals surface area contributed by atoms with Crippen LogP contribution in [0.15, 0.2) is 66.7 Å². The molecule has 0 bridgehead atoms. The van der Waals surface area contributed by atoms with Crippen molar-refractivity contribution in [3.63, 3.8) is 0 Å². The van der Waals surface area contributed by atoms with Gasteiger partial charge in [-0.1, -0.05) is 30.3 Å². The number of carbonyl (C=O) groups is 2. The molecule has 0 atom stereocenters. The molecule has 0 unspecified atom stereocenters. The number of anilines is 1. The van der Waals surface area contributed by atoms with Gasteiger partial charge >= 0.3 is 5.97 Å². The molecule has 206 valence electrons. The summed E-state index contributed by atoms with van der Waals surface area (Å²) in [7, 11) is 0. The van der Waals surface area contributed by atoms with Gasteiger partial charge in [0.2, 0.25) is 0 Å². The molecule has 0 N–H and O–H groups in total. The predicted octanol–water partition coefficient (Wildman–Crippen LogP) is 5.40. The number of benzene rings is 3. The van der Waals surface area contributed by atoms with E-state index in [1.54, 1.807) is 17.7 Å². The third kappa shape index (κ3) is 5.29. The van der Waals surface area contributed by atoms with Crippen molar-refractivity contribution in [3.05, 3.63) is 101 Å². The van der Waals surface area contributed by atoms with Gasteiger partial charge in [0, 0.05) is 43.5 Å². The Morgan fingerprint density at radius 3 is 2.30 bits per heavy atom. The Kier molecular flexibility index (Phi) is 7.59. The lowest BCUT2D eigenvalue weighted by Gasteiger charge is -2.36. The standard InChI is InChI=1S/C30H27F3N4O3/c1-3-40-30(39)25-18-27(37(34-25)26-7-5-4-6-19(26)2)20-8-10-22(11-9-20)35-12-14-36(15-13-35)29(38)23-16-21(31)17-24(32)28(23)33/h4-11,16-18H,3,12-15H2,1-2H3. The highest BCUT2D eigenvalue weighted by Crippen LogP contribution is 2.29. The molecule has 1 fully saturated rings. The molecule has 0 radical (unpaired) electrons. The Hall–Kier alpha value is -4.60. The van der Waals surface area contributed by atoms with Gasteiger partial charge in [0.05, 0.1) is 23.6 Å². The van der Waals surface area contributed by atoms with Crippen LogP contribution in [0.2, 0.25) is 0 Å². The molecular weight excluding hydrogens is 521 g/mol. The minimum Gasteiger partial charge on any atom is -0.461 e. The summed E-state index contributed by atoms with van der Waals surface area (Å²) in [4.78, 5) is 28.6. The Balaban J connectivity index is 1.34. The normalized spacial score (nSPS) is 13.4. The van der Waals surface area contributed by atoms with Gasteiger partial charge in [-0.2, -0.15) is 5.10 Å². The van der Waals surface area contributed by atoms with Gasteiger partial charge in [-0.25, -0.2) is 22.6 Å². The molecule has 5 rings (SSSR count). The molecule has 7 nitrogen and oxygen atoms in total. The molecular formula is C30H27F3N4O3. The number of rotatable bonds is 6. The van der Waals surface area contributed by atoms with Crippen LogP contribution in [0, 0.1) is 24.4 Å². The molecule has 0 aliphatic carbocycles. The average Bonchev–Trinajstić information content (AvgIpc) is 3.41. The number of halogens is 3. The van der Waals surface area contributed by atoms with Crippen LogP contribution < -0.4 is 4.90 Å². The highest BCUT2D eigenvalue weighted by atomic mass is 19.2. The number of aromatic nitrogens is 2. The molecule has 4 aromatic rings. The van der Waals surface area contributed by atoms with E-state index in [0.717, 1.165) is 34.3 Å². The van der Waals surface area contributed by atoms with Crippen LogP contribution in [-0.4, -0.2) is 59.3 Å². The molecule has 3 aromatic carbocycles. The van der Waals surface area contributed by atoms with Crippen molar-refractivity contribution < 1.29 is 27.5 Å². The van der Waals surface area contributed by atoms with Gasteiger partial charge in [0.15, 0.2) is 17.3 Å². The van der Waals surface area contributed by atoms with E-state index in [1.165, 1.54) is 4.90 Å². The number of hydrogen-bond acceptors (Lipinski definition) is 5. The second kappa shape index (κ2) is 11.3. The zero-order valence-electron chi connectivity index (χ0n) is 22.0. The van der Waals surface area contributed by atoms with Crippen LogP contribution in [0.4, 0.5) is 18.9 Å². The highest BCUT2D eigenvalue weighted by molar-refractivity contribution is 5.94. The first-order chi connectivity index (χ1) is 19.3. The number of para-hydroxylation sites is 1. The van der Waals surface area contributed by atoms with Gasteiger partial charge in [0.25, 0.3) is 5.91 Å². The van der Waals surface area contributed by atoms with E-state index >= 15 is 0 Å². The lowest BCUT2D eigenvalue weighted by atomic mass is 10.1. The van der Waals surface area contributed by atoms with Gasteiger partial charge < -0.3 is 14.5 Å². The van der Waals surface area contributed by atoms with Crippen molar-refractivity contribution in [2.24, 2.45) is 0 Å². The average molecular weight is 549 g/mol. The van der Waals surface area contributed by atoms with Crippen LogP contribution >= 0.6 is 0 Å². The van der Waals surface area contributed by atoms with E-state index in [9.17, 15) is 22.8 Å². The van der Waals surface area contributed by atoms with Crippen LogP contribution in [0.5, 0.6) is 0 Å². The third-order valence-electron chi connectivity index (χ3n) is 6.86. The monoisotopic (exact) mass is 548 g/mol.